The Morgan fingerprint density at radius 3 is 2.60 bits per heavy atom. The maximum Gasteiger partial charge on any atom is 0.257 e. The average molecular weight is 407 g/mol. The van der Waals surface area contributed by atoms with Crippen LogP contribution in [0.4, 0.5) is 4.39 Å². The Balaban J connectivity index is 1.72. The van der Waals surface area contributed by atoms with E-state index in [0.29, 0.717) is 36.6 Å². The fourth-order valence-corrected chi connectivity index (χ4v) is 3.85. The fourth-order valence-electron chi connectivity index (χ4n) is 3.85. The van der Waals surface area contributed by atoms with Crippen molar-refractivity contribution < 1.29 is 13.9 Å². The summed E-state index contributed by atoms with van der Waals surface area (Å²) in [5, 5.41) is 4.70. The van der Waals surface area contributed by atoms with Crippen LogP contribution in [0.2, 0.25) is 0 Å². The number of likely N-dealkylation sites (tertiary alicyclic amines) is 1. The summed E-state index contributed by atoms with van der Waals surface area (Å²) < 4.78 is 20.8. The van der Waals surface area contributed by atoms with Gasteiger partial charge in [-0.15, -0.1) is 0 Å². The number of benzene rings is 2. The van der Waals surface area contributed by atoms with Crippen LogP contribution in [0.15, 0.2) is 54.7 Å². The van der Waals surface area contributed by atoms with Crippen molar-refractivity contribution in [3.63, 3.8) is 0 Å². The van der Waals surface area contributed by atoms with Crippen LogP contribution >= 0.6 is 0 Å². The minimum Gasteiger partial charge on any atom is -0.377 e. The van der Waals surface area contributed by atoms with Gasteiger partial charge in [0.1, 0.15) is 11.5 Å². The number of carbonyl (C=O) groups is 1. The molecular formula is C24H26FN3O2. The second kappa shape index (κ2) is 8.79. The molecule has 0 saturated carbocycles. The molecule has 0 aliphatic carbocycles. The Morgan fingerprint density at radius 2 is 1.90 bits per heavy atom. The number of carbonyl (C=O) groups excluding carboxylic acids is 1. The molecule has 3 aromatic rings. The molecule has 0 N–H and O–H groups in total. The van der Waals surface area contributed by atoms with Crippen LogP contribution in [0, 0.1) is 12.7 Å². The molecule has 1 saturated heterocycles. The van der Waals surface area contributed by atoms with Gasteiger partial charge in [-0.3, -0.25) is 4.79 Å². The zero-order valence-electron chi connectivity index (χ0n) is 17.3. The minimum atomic E-state index is -0.309. The summed E-state index contributed by atoms with van der Waals surface area (Å²) >= 11 is 0. The molecule has 1 unspecified atom stereocenters. The molecule has 156 valence electrons. The maximum absolute atomic E-state index is 13.5. The van der Waals surface area contributed by atoms with Crippen LogP contribution in [0.1, 0.15) is 35.7 Å². The van der Waals surface area contributed by atoms with Gasteiger partial charge in [0.2, 0.25) is 0 Å². The van der Waals surface area contributed by atoms with Crippen LogP contribution in [0.5, 0.6) is 0 Å². The van der Waals surface area contributed by atoms with E-state index >= 15 is 0 Å². The first kappa shape index (κ1) is 20.3. The van der Waals surface area contributed by atoms with E-state index in [1.54, 1.807) is 23.0 Å². The van der Waals surface area contributed by atoms with Gasteiger partial charge in [-0.1, -0.05) is 29.8 Å². The highest BCUT2D eigenvalue weighted by atomic mass is 19.1. The lowest BCUT2D eigenvalue weighted by Crippen LogP contribution is -2.43. The number of hydrogen-bond acceptors (Lipinski definition) is 3. The predicted octanol–water partition coefficient (Wildman–Crippen LogP) is 4.63. The van der Waals surface area contributed by atoms with Crippen LogP contribution in [0.25, 0.3) is 16.9 Å². The molecule has 1 aliphatic rings. The second-order valence-electron chi connectivity index (χ2n) is 7.65. The minimum absolute atomic E-state index is 0.0525. The summed E-state index contributed by atoms with van der Waals surface area (Å²) in [6.45, 7) is 5.93. The molecule has 0 spiro atoms. The Morgan fingerprint density at radius 1 is 1.17 bits per heavy atom. The molecule has 5 nitrogen and oxygen atoms in total. The number of aromatic nitrogens is 2. The summed E-state index contributed by atoms with van der Waals surface area (Å²) in [5.74, 6) is -0.361. The van der Waals surface area contributed by atoms with E-state index in [0.717, 1.165) is 24.0 Å². The van der Waals surface area contributed by atoms with Gasteiger partial charge in [-0.05, 0) is 51.0 Å². The van der Waals surface area contributed by atoms with Crippen molar-refractivity contribution in [3.8, 4) is 16.9 Å². The van der Waals surface area contributed by atoms with Gasteiger partial charge >= 0.3 is 0 Å². The quantitative estimate of drug-likeness (QED) is 0.620. The first-order chi connectivity index (χ1) is 14.5. The molecule has 2 aromatic carbocycles. The van der Waals surface area contributed by atoms with Gasteiger partial charge in [0, 0.05) is 31.5 Å². The lowest BCUT2D eigenvalue weighted by Gasteiger charge is -2.32. The molecule has 1 aliphatic heterocycles. The van der Waals surface area contributed by atoms with E-state index in [2.05, 4.69) is 0 Å². The molecule has 2 heterocycles. The van der Waals surface area contributed by atoms with Crippen molar-refractivity contribution in [2.45, 2.75) is 32.8 Å². The molecule has 6 heteroatoms. The Bertz CT molecular complexity index is 1010. The van der Waals surface area contributed by atoms with E-state index in [9.17, 15) is 9.18 Å². The van der Waals surface area contributed by atoms with Crippen molar-refractivity contribution in [1.29, 1.82) is 0 Å². The van der Waals surface area contributed by atoms with Gasteiger partial charge in [-0.25, -0.2) is 9.07 Å². The van der Waals surface area contributed by atoms with Crippen molar-refractivity contribution in [2.24, 2.45) is 0 Å². The lowest BCUT2D eigenvalue weighted by molar-refractivity contribution is 0.00727. The number of halogens is 1. The molecular weight excluding hydrogens is 381 g/mol. The van der Waals surface area contributed by atoms with E-state index in [1.807, 2.05) is 43.0 Å². The van der Waals surface area contributed by atoms with Gasteiger partial charge in [0.05, 0.1) is 17.4 Å². The van der Waals surface area contributed by atoms with Crippen molar-refractivity contribution >= 4 is 5.91 Å². The van der Waals surface area contributed by atoms with Crippen molar-refractivity contribution in [3.05, 3.63) is 71.7 Å². The smallest absolute Gasteiger partial charge is 0.257 e. The van der Waals surface area contributed by atoms with Crippen LogP contribution in [-0.2, 0) is 4.74 Å². The molecule has 4 rings (SSSR count). The molecule has 30 heavy (non-hydrogen) atoms. The predicted molar refractivity (Wildman–Crippen MR) is 114 cm³/mol. The lowest BCUT2D eigenvalue weighted by atomic mass is 10.0. The van der Waals surface area contributed by atoms with E-state index < -0.39 is 0 Å². The van der Waals surface area contributed by atoms with Gasteiger partial charge < -0.3 is 9.64 Å². The first-order valence-corrected chi connectivity index (χ1v) is 10.4. The summed E-state index contributed by atoms with van der Waals surface area (Å²) in [7, 11) is 0. The van der Waals surface area contributed by atoms with E-state index in [1.165, 1.54) is 12.1 Å². The van der Waals surface area contributed by atoms with Gasteiger partial charge in [-0.2, -0.15) is 5.10 Å². The van der Waals surface area contributed by atoms with Crippen molar-refractivity contribution in [2.75, 3.05) is 19.7 Å². The van der Waals surface area contributed by atoms with Gasteiger partial charge in [0.25, 0.3) is 5.91 Å². The summed E-state index contributed by atoms with van der Waals surface area (Å²) in [6.07, 6.45) is 3.71. The third-order valence-electron chi connectivity index (χ3n) is 5.43. The number of piperidine rings is 1. The molecule has 0 bridgehead atoms. The third kappa shape index (κ3) is 4.28. The highest BCUT2D eigenvalue weighted by Crippen LogP contribution is 2.27. The molecule has 1 fully saturated rings. The molecule has 1 amide bonds. The van der Waals surface area contributed by atoms with Crippen LogP contribution < -0.4 is 0 Å². The van der Waals surface area contributed by atoms with E-state index in [4.69, 9.17) is 9.84 Å². The molecule has 0 radical (unpaired) electrons. The maximum atomic E-state index is 13.5. The molecule has 1 atom stereocenters. The summed E-state index contributed by atoms with van der Waals surface area (Å²) in [4.78, 5) is 15.3. The first-order valence-electron chi connectivity index (χ1n) is 10.4. The van der Waals surface area contributed by atoms with Crippen LogP contribution in [0.3, 0.4) is 0 Å². The molecule has 1 aromatic heterocycles. The van der Waals surface area contributed by atoms with Crippen LogP contribution in [-0.4, -0.2) is 46.4 Å². The zero-order valence-corrected chi connectivity index (χ0v) is 17.3. The number of hydrogen-bond donors (Lipinski definition) is 0. The topological polar surface area (TPSA) is 47.4 Å². The normalized spacial score (nSPS) is 16.6. The second-order valence-corrected chi connectivity index (χ2v) is 7.65. The number of ether oxygens (including phenoxy) is 1. The summed E-state index contributed by atoms with van der Waals surface area (Å²) in [6, 6.07) is 14.1. The monoisotopic (exact) mass is 407 g/mol. The highest BCUT2D eigenvalue weighted by Gasteiger charge is 2.28. The SMILES string of the molecule is CCOC1CCCN(C(=O)c2cn(-c3ccc(F)cc3)nc2-c2ccc(C)cc2)C1. The van der Waals surface area contributed by atoms with Gasteiger partial charge in [0.15, 0.2) is 0 Å². The third-order valence-corrected chi connectivity index (χ3v) is 5.43. The number of aryl methyl sites for hydroxylation is 1. The highest BCUT2D eigenvalue weighted by molar-refractivity contribution is 6.00. The fraction of sp³-hybridized carbons (Fsp3) is 0.333. The van der Waals surface area contributed by atoms with Crippen molar-refractivity contribution in [1.82, 2.24) is 14.7 Å². The largest absolute Gasteiger partial charge is 0.377 e. The Hall–Kier alpha value is -2.99. The Kier molecular flexibility index (Phi) is 5.95. The summed E-state index contributed by atoms with van der Waals surface area (Å²) in [5.41, 5.74) is 3.89. The average Bonchev–Trinajstić information content (AvgIpc) is 3.20. The standard InChI is InChI=1S/C24H26FN3O2/c1-3-30-21-5-4-14-27(15-21)24(29)22-16-28(20-12-10-19(25)11-13-20)26-23(22)18-8-6-17(2)7-9-18/h6-13,16,21H,3-5,14-15H2,1-2H3. The number of rotatable bonds is 5. The van der Waals surface area contributed by atoms with E-state index in [-0.39, 0.29) is 17.8 Å². The Labute approximate surface area is 176 Å². The zero-order chi connectivity index (χ0) is 21.1. The number of nitrogens with zero attached hydrogens (tertiary/aromatic N) is 3. The number of amides is 1.